The maximum Gasteiger partial charge on any atom is 0.410 e. The van der Waals surface area contributed by atoms with E-state index in [-0.39, 0.29) is 22.2 Å². The van der Waals surface area contributed by atoms with Gasteiger partial charge in [-0.05, 0) is 59.2 Å². The van der Waals surface area contributed by atoms with Gasteiger partial charge in [-0.25, -0.2) is 17.9 Å². The summed E-state index contributed by atoms with van der Waals surface area (Å²) in [5.41, 5.74) is -0.663. The average molecular weight is 441 g/mol. The molecule has 2 saturated heterocycles. The monoisotopic (exact) mass is 440 g/mol. The number of hydrogen-bond donors (Lipinski definition) is 1. The zero-order valence-electron chi connectivity index (χ0n) is 17.7. The van der Waals surface area contributed by atoms with E-state index in [1.807, 2.05) is 25.7 Å². The van der Waals surface area contributed by atoms with E-state index in [2.05, 4.69) is 4.72 Å². The first kappa shape index (κ1) is 22.3. The lowest BCUT2D eigenvalue weighted by Gasteiger charge is -2.57. The molecule has 2 heterocycles. The van der Waals surface area contributed by atoms with Gasteiger partial charge in [0.25, 0.3) is 5.69 Å². The molecule has 1 aromatic rings. The summed E-state index contributed by atoms with van der Waals surface area (Å²) in [4.78, 5) is 27.0. The first-order chi connectivity index (χ1) is 13.9. The number of benzene rings is 1. The predicted octanol–water partition coefficient (Wildman–Crippen LogP) is 2.48. The Bertz CT molecular complexity index is 948. The first-order valence-electron chi connectivity index (χ1n) is 9.86. The number of nitrogens with one attached hydrogen (secondary N) is 1. The number of nitrogens with zero attached hydrogens (tertiary/aromatic N) is 3. The SMILES string of the molecule is CNS(=O)(=O)c1ccc(N2CCC23CCN(C(=O)OC(C)(C)C)CC3)c([N+](=O)[O-])c1. The van der Waals surface area contributed by atoms with Gasteiger partial charge in [0, 0.05) is 31.2 Å². The van der Waals surface area contributed by atoms with Gasteiger partial charge in [0.05, 0.1) is 9.82 Å². The van der Waals surface area contributed by atoms with Crippen LogP contribution in [-0.2, 0) is 14.8 Å². The first-order valence-corrected chi connectivity index (χ1v) is 11.3. The van der Waals surface area contributed by atoms with Gasteiger partial charge < -0.3 is 14.5 Å². The highest BCUT2D eigenvalue weighted by molar-refractivity contribution is 7.89. The van der Waals surface area contributed by atoms with E-state index in [0.717, 1.165) is 12.5 Å². The summed E-state index contributed by atoms with van der Waals surface area (Å²) >= 11 is 0. The van der Waals surface area contributed by atoms with Crippen LogP contribution >= 0.6 is 0 Å². The number of sulfonamides is 1. The molecule has 0 saturated carbocycles. The number of nitro benzene ring substituents is 1. The molecular formula is C19H28N4O6S. The van der Waals surface area contributed by atoms with Crippen LogP contribution in [0.4, 0.5) is 16.2 Å². The second kappa shape index (κ2) is 7.69. The molecule has 0 aromatic heterocycles. The van der Waals surface area contributed by atoms with E-state index in [9.17, 15) is 23.3 Å². The van der Waals surface area contributed by atoms with E-state index in [0.29, 0.717) is 38.2 Å². The number of carbonyl (C=O) groups is 1. The van der Waals surface area contributed by atoms with Crippen molar-refractivity contribution in [3.8, 4) is 0 Å². The molecule has 10 nitrogen and oxygen atoms in total. The smallest absolute Gasteiger partial charge is 0.410 e. The van der Waals surface area contributed by atoms with Crippen molar-refractivity contribution in [2.45, 2.75) is 56.1 Å². The molecule has 1 amide bonds. The Morgan fingerprint density at radius 3 is 2.27 bits per heavy atom. The summed E-state index contributed by atoms with van der Waals surface area (Å²) in [6.07, 6.45) is 1.85. The maximum atomic E-state index is 12.3. The maximum absolute atomic E-state index is 12.3. The van der Waals surface area contributed by atoms with Crippen LogP contribution < -0.4 is 9.62 Å². The van der Waals surface area contributed by atoms with Gasteiger partial charge in [0.2, 0.25) is 10.0 Å². The average Bonchev–Trinajstić information content (AvgIpc) is 2.66. The van der Waals surface area contributed by atoms with Crippen molar-refractivity contribution in [1.82, 2.24) is 9.62 Å². The Labute approximate surface area is 176 Å². The van der Waals surface area contributed by atoms with E-state index < -0.39 is 20.5 Å². The molecule has 1 N–H and O–H groups in total. The Kier molecular flexibility index (Phi) is 5.72. The normalized spacial score (nSPS) is 18.8. The van der Waals surface area contributed by atoms with Crippen molar-refractivity contribution in [2.75, 3.05) is 31.6 Å². The summed E-state index contributed by atoms with van der Waals surface area (Å²) in [5.74, 6) is 0. The van der Waals surface area contributed by atoms with Crippen LogP contribution in [-0.4, -0.2) is 62.2 Å². The molecule has 1 aromatic carbocycles. The van der Waals surface area contributed by atoms with Crippen LogP contribution in [0.3, 0.4) is 0 Å². The summed E-state index contributed by atoms with van der Waals surface area (Å²) in [5, 5.41) is 11.7. The third-order valence-corrected chi connectivity index (χ3v) is 7.14. The number of ether oxygens (including phenoxy) is 1. The lowest BCUT2D eigenvalue weighted by Crippen LogP contribution is -2.65. The minimum absolute atomic E-state index is 0.144. The standard InChI is InChI=1S/C19H28N4O6S/c1-18(2,3)29-17(24)21-10-7-19(8-11-21)9-12-22(19)15-6-5-14(30(27,28)20-4)13-16(15)23(25)26/h5-6,13,20H,7-12H2,1-4H3. The van der Waals surface area contributed by atoms with E-state index in [1.165, 1.54) is 19.2 Å². The lowest BCUT2D eigenvalue weighted by molar-refractivity contribution is -0.384. The van der Waals surface area contributed by atoms with Crippen LogP contribution in [0.25, 0.3) is 0 Å². The third-order valence-electron chi connectivity index (χ3n) is 5.73. The molecule has 2 aliphatic rings. The summed E-state index contributed by atoms with van der Waals surface area (Å²) in [6, 6.07) is 3.99. The molecule has 3 rings (SSSR count). The van der Waals surface area contributed by atoms with E-state index in [4.69, 9.17) is 4.74 Å². The van der Waals surface area contributed by atoms with Gasteiger partial charge in [0.1, 0.15) is 11.3 Å². The molecule has 30 heavy (non-hydrogen) atoms. The fraction of sp³-hybridized carbons (Fsp3) is 0.632. The molecule has 1 spiro atoms. The number of nitro groups is 1. The highest BCUT2D eigenvalue weighted by atomic mass is 32.2. The van der Waals surface area contributed by atoms with Crippen molar-refractivity contribution in [3.05, 3.63) is 28.3 Å². The quantitative estimate of drug-likeness (QED) is 0.564. The Hall–Kier alpha value is -2.40. The van der Waals surface area contributed by atoms with Crippen molar-refractivity contribution in [1.29, 1.82) is 0 Å². The summed E-state index contributed by atoms with van der Waals surface area (Å²) in [6.45, 7) is 7.12. The molecule has 166 valence electrons. The largest absolute Gasteiger partial charge is 0.444 e. The van der Waals surface area contributed by atoms with Crippen molar-refractivity contribution < 1.29 is 22.9 Å². The van der Waals surface area contributed by atoms with Gasteiger partial charge in [-0.1, -0.05) is 0 Å². The van der Waals surface area contributed by atoms with E-state index in [1.54, 1.807) is 4.90 Å². The predicted molar refractivity (Wildman–Crippen MR) is 111 cm³/mol. The van der Waals surface area contributed by atoms with Crippen molar-refractivity contribution >= 4 is 27.5 Å². The zero-order chi connectivity index (χ0) is 22.3. The molecular weight excluding hydrogens is 412 g/mol. The van der Waals surface area contributed by atoms with Gasteiger partial charge in [-0.15, -0.1) is 0 Å². The minimum Gasteiger partial charge on any atom is -0.444 e. The van der Waals surface area contributed by atoms with Crippen LogP contribution in [0.2, 0.25) is 0 Å². The fourth-order valence-corrected chi connectivity index (χ4v) is 4.78. The summed E-state index contributed by atoms with van der Waals surface area (Å²) < 4.78 is 31.7. The fourth-order valence-electron chi connectivity index (χ4n) is 4.03. The summed E-state index contributed by atoms with van der Waals surface area (Å²) in [7, 11) is -2.52. The van der Waals surface area contributed by atoms with Crippen LogP contribution in [0.5, 0.6) is 0 Å². The number of hydrogen-bond acceptors (Lipinski definition) is 7. The van der Waals surface area contributed by atoms with Crippen molar-refractivity contribution in [2.24, 2.45) is 0 Å². The number of rotatable bonds is 4. The lowest BCUT2D eigenvalue weighted by atomic mass is 9.76. The van der Waals surface area contributed by atoms with Crippen LogP contribution in [0, 0.1) is 10.1 Å². The van der Waals surface area contributed by atoms with Gasteiger partial charge in [-0.2, -0.15) is 0 Å². The molecule has 2 fully saturated rings. The number of anilines is 1. The highest BCUT2D eigenvalue weighted by Gasteiger charge is 2.49. The second-order valence-corrected chi connectivity index (χ2v) is 10.6. The number of likely N-dealkylation sites (tertiary alicyclic amines) is 1. The molecule has 2 aliphatic heterocycles. The number of piperidine rings is 1. The van der Waals surface area contributed by atoms with E-state index >= 15 is 0 Å². The molecule has 0 radical (unpaired) electrons. The Morgan fingerprint density at radius 2 is 1.80 bits per heavy atom. The Balaban J connectivity index is 1.80. The third kappa shape index (κ3) is 4.22. The molecule has 0 aliphatic carbocycles. The van der Waals surface area contributed by atoms with Crippen molar-refractivity contribution in [3.63, 3.8) is 0 Å². The number of carbonyl (C=O) groups excluding carboxylic acids is 1. The van der Waals surface area contributed by atoms with Gasteiger partial charge in [0.15, 0.2) is 0 Å². The Morgan fingerprint density at radius 1 is 1.20 bits per heavy atom. The zero-order valence-corrected chi connectivity index (χ0v) is 18.5. The molecule has 0 atom stereocenters. The molecule has 0 unspecified atom stereocenters. The molecule has 0 bridgehead atoms. The van der Waals surface area contributed by atoms with Gasteiger partial charge in [-0.3, -0.25) is 10.1 Å². The molecule has 11 heteroatoms. The van der Waals surface area contributed by atoms with Gasteiger partial charge >= 0.3 is 6.09 Å². The van der Waals surface area contributed by atoms with Crippen LogP contribution in [0.15, 0.2) is 23.1 Å². The highest BCUT2D eigenvalue weighted by Crippen LogP contribution is 2.46. The number of amides is 1. The topological polar surface area (TPSA) is 122 Å². The second-order valence-electron chi connectivity index (χ2n) is 8.71. The van der Waals surface area contributed by atoms with Crippen LogP contribution in [0.1, 0.15) is 40.0 Å². The minimum atomic E-state index is -3.78.